The molecule has 0 rings (SSSR count). The van der Waals surface area contributed by atoms with Crippen LogP contribution >= 0.6 is 0 Å². The second kappa shape index (κ2) is 11.7. The van der Waals surface area contributed by atoms with E-state index in [0.717, 1.165) is 32.7 Å². The Morgan fingerprint density at radius 1 is 1.00 bits per heavy atom. The van der Waals surface area contributed by atoms with Gasteiger partial charge in [-0.1, -0.05) is 19.4 Å². The summed E-state index contributed by atoms with van der Waals surface area (Å²) in [5.41, 5.74) is 0. The minimum atomic E-state index is 0.663. The Bertz CT molecular complexity index is 102. The van der Waals surface area contributed by atoms with Crippen LogP contribution in [0.5, 0.6) is 0 Å². The Labute approximate surface area is 81.9 Å². The largest absolute Gasteiger partial charge is 0.381 e. The van der Waals surface area contributed by atoms with E-state index < -0.39 is 0 Å². The predicted octanol–water partition coefficient (Wildman–Crippen LogP) is 2.79. The van der Waals surface area contributed by atoms with Crippen molar-refractivity contribution in [2.75, 3.05) is 26.4 Å². The van der Waals surface area contributed by atoms with E-state index in [9.17, 15) is 0 Å². The smallest absolute Gasteiger partial charge is 0.0644 e. The van der Waals surface area contributed by atoms with Crippen molar-refractivity contribution in [3.63, 3.8) is 0 Å². The highest BCUT2D eigenvalue weighted by Crippen LogP contribution is 1.93. The van der Waals surface area contributed by atoms with Gasteiger partial charge in [0, 0.05) is 19.8 Å². The number of rotatable bonds is 10. The number of hydrogen-bond donors (Lipinski definition) is 0. The molecule has 0 spiro atoms. The van der Waals surface area contributed by atoms with Crippen LogP contribution in [0, 0.1) is 0 Å². The Balaban J connectivity index is 2.79. The van der Waals surface area contributed by atoms with Gasteiger partial charge < -0.3 is 9.47 Å². The second-order valence-electron chi connectivity index (χ2n) is 3.04. The van der Waals surface area contributed by atoms with Crippen molar-refractivity contribution in [3.8, 4) is 0 Å². The summed E-state index contributed by atoms with van der Waals surface area (Å²) in [6.07, 6.45) is 6.34. The van der Waals surface area contributed by atoms with E-state index in [1.807, 2.05) is 0 Å². The zero-order valence-corrected chi connectivity index (χ0v) is 8.76. The lowest BCUT2D eigenvalue weighted by atomic mass is 10.3. The SMILES string of the molecule is C=CCOCCCCOCCCC. The average molecular weight is 186 g/mol. The lowest BCUT2D eigenvalue weighted by molar-refractivity contribution is 0.110. The maximum atomic E-state index is 5.40. The molecule has 0 saturated heterocycles. The van der Waals surface area contributed by atoms with Crippen LogP contribution in [0.1, 0.15) is 32.6 Å². The standard InChI is InChI=1S/C11H22O2/c1-3-5-9-13-11-7-6-10-12-8-4-2/h4H,2-3,5-11H2,1H3. The van der Waals surface area contributed by atoms with E-state index in [1.54, 1.807) is 6.08 Å². The molecular formula is C11H22O2. The summed E-state index contributed by atoms with van der Waals surface area (Å²) in [7, 11) is 0. The van der Waals surface area contributed by atoms with Gasteiger partial charge >= 0.3 is 0 Å². The molecule has 0 heterocycles. The van der Waals surface area contributed by atoms with Crippen LogP contribution in [-0.4, -0.2) is 26.4 Å². The Kier molecular flexibility index (Phi) is 11.4. The van der Waals surface area contributed by atoms with Crippen molar-refractivity contribution in [2.45, 2.75) is 32.6 Å². The van der Waals surface area contributed by atoms with Crippen LogP contribution in [0.2, 0.25) is 0 Å². The van der Waals surface area contributed by atoms with Crippen LogP contribution in [0.25, 0.3) is 0 Å². The summed E-state index contributed by atoms with van der Waals surface area (Å²) in [6, 6.07) is 0. The first kappa shape index (κ1) is 12.7. The van der Waals surface area contributed by atoms with Crippen LogP contribution in [0.4, 0.5) is 0 Å². The minimum absolute atomic E-state index is 0.663. The Morgan fingerprint density at radius 3 is 2.23 bits per heavy atom. The zero-order chi connectivity index (χ0) is 9.78. The minimum Gasteiger partial charge on any atom is -0.381 e. The highest BCUT2D eigenvalue weighted by molar-refractivity contribution is 4.63. The topological polar surface area (TPSA) is 18.5 Å². The van der Waals surface area contributed by atoms with Gasteiger partial charge in [-0.2, -0.15) is 0 Å². The molecule has 13 heavy (non-hydrogen) atoms. The maximum Gasteiger partial charge on any atom is 0.0644 e. The number of unbranched alkanes of at least 4 members (excludes halogenated alkanes) is 2. The Morgan fingerprint density at radius 2 is 1.62 bits per heavy atom. The van der Waals surface area contributed by atoms with Gasteiger partial charge in [-0.3, -0.25) is 0 Å². The molecule has 0 saturated carbocycles. The van der Waals surface area contributed by atoms with Gasteiger partial charge in [0.05, 0.1) is 6.61 Å². The quantitative estimate of drug-likeness (QED) is 0.386. The molecule has 0 unspecified atom stereocenters. The molecule has 0 bridgehead atoms. The molecule has 2 nitrogen and oxygen atoms in total. The van der Waals surface area contributed by atoms with Gasteiger partial charge in [-0.25, -0.2) is 0 Å². The average Bonchev–Trinajstić information content (AvgIpc) is 2.16. The highest BCUT2D eigenvalue weighted by Gasteiger charge is 1.89. The third kappa shape index (κ3) is 11.7. The molecule has 0 atom stereocenters. The summed E-state index contributed by atoms with van der Waals surface area (Å²) in [6.45, 7) is 9.02. The number of hydrogen-bond acceptors (Lipinski definition) is 2. The van der Waals surface area contributed by atoms with Crippen LogP contribution < -0.4 is 0 Å². The van der Waals surface area contributed by atoms with Gasteiger partial charge in [0.2, 0.25) is 0 Å². The molecule has 0 aliphatic rings. The zero-order valence-electron chi connectivity index (χ0n) is 8.76. The first-order valence-corrected chi connectivity index (χ1v) is 5.18. The van der Waals surface area contributed by atoms with E-state index in [0.29, 0.717) is 6.61 Å². The van der Waals surface area contributed by atoms with E-state index >= 15 is 0 Å². The highest BCUT2D eigenvalue weighted by atomic mass is 16.5. The maximum absolute atomic E-state index is 5.40. The molecule has 0 aliphatic heterocycles. The number of ether oxygens (including phenoxy) is 2. The van der Waals surface area contributed by atoms with Gasteiger partial charge in [-0.15, -0.1) is 6.58 Å². The van der Waals surface area contributed by atoms with Crippen molar-refractivity contribution < 1.29 is 9.47 Å². The molecule has 0 aromatic rings. The van der Waals surface area contributed by atoms with Crippen LogP contribution in [0.3, 0.4) is 0 Å². The normalized spacial score (nSPS) is 10.2. The molecule has 0 aromatic carbocycles. The second-order valence-corrected chi connectivity index (χ2v) is 3.04. The van der Waals surface area contributed by atoms with Crippen molar-refractivity contribution in [2.24, 2.45) is 0 Å². The van der Waals surface area contributed by atoms with Crippen molar-refractivity contribution in [1.82, 2.24) is 0 Å². The predicted molar refractivity (Wildman–Crippen MR) is 56.0 cm³/mol. The fraction of sp³-hybridized carbons (Fsp3) is 0.818. The Hall–Kier alpha value is -0.340. The molecule has 0 N–H and O–H groups in total. The lowest BCUT2D eigenvalue weighted by Gasteiger charge is -2.03. The van der Waals surface area contributed by atoms with Gasteiger partial charge in [0.15, 0.2) is 0 Å². The first-order valence-electron chi connectivity index (χ1n) is 5.18. The molecule has 0 amide bonds. The lowest BCUT2D eigenvalue weighted by Crippen LogP contribution is -1.99. The van der Waals surface area contributed by atoms with Crippen LogP contribution in [-0.2, 0) is 9.47 Å². The van der Waals surface area contributed by atoms with Crippen molar-refractivity contribution >= 4 is 0 Å². The third-order valence-electron chi connectivity index (χ3n) is 1.71. The molecule has 78 valence electrons. The molecule has 0 radical (unpaired) electrons. The fourth-order valence-corrected chi connectivity index (χ4v) is 0.923. The van der Waals surface area contributed by atoms with Crippen LogP contribution in [0.15, 0.2) is 12.7 Å². The molecule has 0 aliphatic carbocycles. The van der Waals surface area contributed by atoms with E-state index in [2.05, 4.69) is 13.5 Å². The summed E-state index contributed by atoms with van der Waals surface area (Å²) in [4.78, 5) is 0. The summed E-state index contributed by atoms with van der Waals surface area (Å²) < 4.78 is 10.6. The monoisotopic (exact) mass is 186 g/mol. The van der Waals surface area contributed by atoms with E-state index in [4.69, 9.17) is 9.47 Å². The van der Waals surface area contributed by atoms with Gasteiger partial charge in [-0.05, 0) is 19.3 Å². The van der Waals surface area contributed by atoms with E-state index in [-0.39, 0.29) is 0 Å². The van der Waals surface area contributed by atoms with Crippen molar-refractivity contribution in [3.05, 3.63) is 12.7 Å². The molecular weight excluding hydrogens is 164 g/mol. The van der Waals surface area contributed by atoms with Gasteiger partial charge in [0.1, 0.15) is 0 Å². The molecule has 0 aromatic heterocycles. The van der Waals surface area contributed by atoms with Gasteiger partial charge in [0.25, 0.3) is 0 Å². The summed E-state index contributed by atoms with van der Waals surface area (Å²) in [5, 5.41) is 0. The van der Waals surface area contributed by atoms with Crippen molar-refractivity contribution in [1.29, 1.82) is 0 Å². The summed E-state index contributed by atoms with van der Waals surface area (Å²) >= 11 is 0. The first-order chi connectivity index (χ1) is 6.41. The molecule has 2 heteroatoms. The fourth-order valence-electron chi connectivity index (χ4n) is 0.923. The molecule has 0 fully saturated rings. The third-order valence-corrected chi connectivity index (χ3v) is 1.71. The summed E-state index contributed by atoms with van der Waals surface area (Å²) in [5.74, 6) is 0. The van der Waals surface area contributed by atoms with E-state index in [1.165, 1.54) is 12.8 Å².